The molecule has 2 heterocycles. The average Bonchev–Trinajstić information content (AvgIpc) is 3.10. The van der Waals surface area contributed by atoms with Crippen molar-refractivity contribution >= 4 is 17.5 Å². The summed E-state index contributed by atoms with van der Waals surface area (Å²) >= 11 is 6.07. The van der Waals surface area contributed by atoms with E-state index in [0.717, 1.165) is 11.1 Å². The maximum atomic E-state index is 12.0. The van der Waals surface area contributed by atoms with E-state index in [0.29, 0.717) is 17.4 Å². The number of nitrogens with one attached hydrogen (secondary N) is 1. The number of hydrogen-bond acceptors (Lipinski definition) is 3. The number of rotatable bonds is 5. The van der Waals surface area contributed by atoms with Gasteiger partial charge in [0, 0.05) is 30.2 Å². The minimum atomic E-state index is -0.0736. The molecule has 5 nitrogen and oxygen atoms in total. The van der Waals surface area contributed by atoms with E-state index in [1.807, 2.05) is 42.6 Å². The highest BCUT2D eigenvalue weighted by Gasteiger charge is 2.07. The Bertz CT molecular complexity index is 802. The van der Waals surface area contributed by atoms with Crippen LogP contribution in [0.1, 0.15) is 11.1 Å². The molecule has 0 fully saturated rings. The van der Waals surface area contributed by atoms with Crippen molar-refractivity contribution in [1.29, 1.82) is 0 Å². The van der Waals surface area contributed by atoms with E-state index in [1.54, 1.807) is 23.1 Å². The largest absolute Gasteiger partial charge is 0.352 e. The van der Waals surface area contributed by atoms with Gasteiger partial charge in [-0.05, 0) is 35.4 Å². The van der Waals surface area contributed by atoms with Crippen LogP contribution in [0.25, 0.3) is 5.82 Å². The van der Waals surface area contributed by atoms with Gasteiger partial charge in [0.05, 0.1) is 6.42 Å². The molecule has 0 radical (unpaired) electrons. The quantitative estimate of drug-likeness (QED) is 0.784. The van der Waals surface area contributed by atoms with Gasteiger partial charge in [-0.15, -0.1) is 0 Å². The SMILES string of the molecule is O=C(Cc1ccccc1Cl)NCc1ccnc(-n2cccn2)c1. The summed E-state index contributed by atoms with van der Waals surface area (Å²) in [6.07, 6.45) is 5.48. The smallest absolute Gasteiger partial charge is 0.224 e. The van der Waals surface area contributed by atoms with Crippen molar-refractivity contribution < 1.29 is 4.79 Å². The van der Waals surface area contributed by atoms with Crippen LogP contribution >= 0.6 is 11.6 Å². The van der Waals surface area contributed by atoms with Crippen molar-refractivity contribution in [2.75, 3.05) is 0 Å². The molecule has 2 aromatic heterocycles. The molecule has 6 heteroatoms. The van der Waals surface area contributed by atoms with Gasteiger partial charge in [-0.2, -0.15) is 5.10 Å². The molecule has 23 heavy (non-hydrogen) atoms. The molecule has 116 valence electrons. The maximum Gasteiger partial charge on any atom is 0.224 e. The molecule has 0 bridgehead atoms. The summed E-state index contributed by atoms with van der Waals surface area (Å²) in [5.74, 6) is 0.642. The number of benzene rings is 1. The standard InChI is InChI=1S/C17H15ClN4O/c18-15-5-2-1-4-14(15)11-17(23)20-12-13-6-8-19-16(10-13)22-9-3-7-21-22/h1-10H,11-12H2,(H,20,23). The van der Waals surface area contributed by atoms with Crippen LogP contribution in [0, 0.1) is 0 Å². The molecular weight excluding hydrogens is 312 g/mol. The average molecular weight is 327 g/mol. The highest BCUT2D eigenvalue weighted by atomic mass is 35.5. The first-order valence-corrected chi connectivity index (χ1v) is 7.55. The number of aromatic nitrogens is 3. The predicted molar refractivity (Wildman–Crippen MR) is 88.4 cm³/mol. The van der Waals surface area contributed by atoms with Crippen molar-refractivity contribution in [3.05, 3.63) is 77.2 Å². The molecule has 1 amide bonds. The third-order valence-electron chi connectivity index (χ3n) is 3.35. The van der Waals surface area contributed by atoms with Crippen LogP contribution in [0.15, 0.2) is 61.1 Å². The van der Waals surface area contributed by atoms with Crippen molar-refractivity contribution in [1.82, 2.24) is 20.1 Å². The molecule has 0 saturated heterocycles. The summed E-state index contributed by atoms with van der Waals surface area (Å²) in [7, 11) is 0. The number of halogens is 1. The normalized spacial score (nSPS) is 10.5. The lowest BCUT2D eigenvalue weighted by molar-refractivity contribution is -0.120. The van der Waals surface area contributed by atoms with Crippen molar-refractivity contribution in [3.63, 3.8) is 0 Å². The molecule has 3 rings (SSSR count). The van der Waals surface area contributed by atoms with Gasteiger partial charge >= 0.3 is 0 Å². The number of amides is 1. The Kier molecular flexibility index (Phi) is 4.68. The Labute approximate surface area is 138 Å². The van der Waals surface area contributed by atoms with E-state index in [4.69, 9.17) is 11.6 Å². The second-order valence-corrected chi connectivity index (χ2v) is 5.43. The third kappa shape index (κ3) is 3.96. The number of carbonyl (C=O) groups is 1. The van der Waals surface area contributed by atoms with Gasteiger partial charge in [-0.25, -0.2) is 9.67 Å². The first-order valence-electron chi connectivity index (χ1n) is 7.17. The Morgan fingerprint density at radius 2 is 2.04 bits per heavy atom. The van der Waals surface area contributed by atoms with Gasteiger partial charge in [0.2, 0.25) is 5.91 Å². The second kappa shape index (κ2) is 7.07. The Morgan fingerprint density at radius 1 is 1.17 bits per heavy atom. The van der Waals surface area contributed by atoms with Crippen LogP contribution in [0.4, 0.5) is 0 Å². The summed E-state index contributed by atoms with van der Waals surface area (Å²) in [4.78, 5) is 16.3. The van der Waals surface area contributed by atoms with Crippen LogP contribution in [0.5, 0.6) is 0 Å². The van der Waals surface area contributed by atoms with Gasteiger partial charge in [-0.1, -0.05) is 29.8 Å². The molecular formula is C17H15ClN4O. The summed E-state index contributed by atoms with van der Waals surface area (Å²) in [5, 5.41) is 7.64. The van der Waals surface area contributed by atoms with Crippen molar-refractivity contribution in [3.8, 4) is 5.82 Å². The summed E-state index contributed by atoms with van der Waals surface area (Å²) < 4.78 is 1.68. The molecule has 0 atom stereocenters. The maximum absolute atomic E-state index is 12.0. The van der Waals surface area contributed by atoms with Crippen LogP contribution < -0.4 is 5.32 Å². The molecule has 0 unspecified atom stereocenters. The van der Waals surface area contributed by atoms with Crippen LogP contribution in [0.3, 0.4) is 0 Å². The van der Waals surface area contributed by atoms with Gasteiger partial charge in [-0.3, -0.25) is 4.79 Å². The fraction of sp³-hybridized carbons (Fsp3) is 0.118. The lowest BCUT2D eigenvalue weighted by Crippen LogP contribution is -2.24. The molecule has 0 saturated carbocycles. The van der Waals surface area contributed by atoms with E-state index < -0.39 is 0 Å². The van der Waals surface area contributed by atoms with E-state index in [2.05, 4.69) is 15.4 Å². The van der Waals surface area contributed by atoms with E-state index in [1.165, 1.54) is 0 Å². The van der Waals surface area contributed by atoms with E-state index in [9.17, 15) is 4.79 Å². The summed E-state index contributed by atoms with van der Waals surface area (Å²) in [6.45, 7) is 0.431. The lowest BCUT2D eigenvalue weighted by Gasteiger charge is -2.08. The lowest BCUT2D eigenvalue weighted by atomic mass is 10.1. The first-order chi connectivity index (χ1) is 11.2. The fourth-order valence-electron chi connectivity index (χ4n) is 2.18. The summed E-state index contributed by atoms with van der Waals surface area (Å²) in [5.41, 5.74) is 1.77. The minimum absolute atomic E-state index is 0.0736. The van der Waals surface area contributed by atoms with Gasteiger partial charge < -0.3 is 5.32 Å². The topological polar surface area (TPSA) is 59.8 Å². The fourth-order valence-corrected chi connectivity index (χ4v) is 2.38. The monoisotopic (exact) mass is 326 g/mol. The van der Waals surface area contributed by atoms with E-state index >= 15 is 0 Å². The van der Waals surface area contributed by atoms with Crippen LogP contribution in [-0.2, 0) is 17.8 Å². The molecule has 0 aliphatic carbocycles. The number of pyridine rings is 1. The van der Waals surface area contributed by atoms with Crippen LogP contribution in [-0.4, -0.2) is 20.7 Å². The highest BCUT2D eigenvalue weighted by Crippen LogP contribution is 2.15. The zero-order valence-corrected chi connectivity index (χ0v) is 13.1. The number of hydrogen-bond donors (Lipinski definition) is 1. The van der Waals surface area contributed by atoms with Crippen LogP contribution in [0.2, 0.25) is 5.02 Å². The third-order valence-corrected chi connectivity index (χ3v) is 3.72. The molecule has 1 aromatic carbocycles. The van der Waals surface area contributed by atoms with Gasteiger partial charge in [0.1, 0.15) is 0 Å². The van der Waals surface area contributed by atoms with Crippen molar-refractivity contribution in [2.45, 2.75) is 13.0 Å². The molecule has 1 N–H and O–H groups in total. The van der Waals surface area contributed by atoms with Crippen molar-refractivity contribution in [2.24, 2.45) is 0 Å². The number of carbonyl (C=O) groups excluding carboxylic acids is 1. The molecule has 0 spiro atoms. The zero-order valence-electron chi connectivity index (χ0n) is 12.3. The second-order valence-electron chi connectivity index (χ2n) is 5.02. The Morgan fingerprint density at radius 3 is 2.83 bits per heavy atom. The molecule has 0 aliphatic heterocycles. The highest BCUT2D eigenvalue weighted by molar-refractivity contribution is 6.31. The van der Waals surface area contributed by atoms with E-state index in [-0.39, 0.29) is 12.3 Å². The molecule has 0 aliphatic rings. The zero-order chi connectivity index (χ0) is 16.1. The Hall–Kier alpha value is -2.66. The number of nitrogens with zero attached hydrogens (tertiary/aromatic N) is 3. The van der Waals surface area contributed by atoms with Gasteiger partial charge in [0.25, 0.3) is 0 Å². The minimum Gasteiger partial charge on any atom is -0.352 e. The first kappa shape index (κ1) is 15.2. The predicted octanol–water partition coefficient (Wildman–Crippen LogP) is 2.78. The molecule has 3 aromatic rings. The van der Waals surface area contributed by atoms with Gasteiger partial charge in [0.15, 0.2) is 5.82 Å². The Balaban J connectivity index is 1.61. The summed E-state index contributed by atoms with van der Waals surface area (Å²) in [6, 6.07) is 12.9.